The van der Waals surface area contributed by atoms with Crippen molar-refractivity contribution in [1.82, 2.24) is 15.5 Å². The topological polar surface area (TPSA) is 95.7 Å². The molecule has 8 heteroatoms. The van der Waals surface area contributed by atoms with Crippen LogP contribution in [0.25, 0.3) is 11.5 Å². The molecule has 1 aromatic heterocycles. The van der Waals surface area contributed by atoms with E-state index in [1.807, 2.05) is 25.1 Å². The van der Waals surface area contributed by atoms with Crippen LogP contribution in [0.2, 0.25) is 0 Å². The third-order valence-electron chi connectivity index (χ3n) is 4.11. The minimum Gasteiger partial charge on any atom is -0.484 e. The van der Waals surface area contributed by atoms with E-state index in [-0.39, 0.29) is 25.3 Å². The highest BCUT2D eigenvalue weighted by Crippen LogP contribution is 2.34. The maximum atomic E-state index is 12.2. The van der Waals surface area contributed by atoms with Crippen LogP contribution < -0.4 is 19.5 Å². The molecule has 0 saturated heterocycles. The second-order valence-electron chi connectivity index (χ2n) is 5.96. The Morgan fingerprint density at radius 3 is 2.78 bits per heavy atom. The van der Waals surface area contributed by atoms with E-state index in [4.69, 9.17) is 18.6 Å². The summed E-state index contributed by atoms with van der Waals surface area (Å²) in [5.41, 5.74) is 1.71. The molecule has 1 N–H and O–H groups in total. The van der Waals surface area contributed by atoms with Crippen molar-refractivity contribution in [2.45, 2.75) is 13.0 Å². The maximum absolute atomic E-state index is 12.2. The number of nitrogens with zero attached hydrogens (tertiary/aromatic N) is 2. The number of carbonyl (C=O) groups excluding carboxylic acids is 1. The number of ether oxygens (including phenoxy) is 3. The average Bonchev–Trinajstić information content (AvgIpc) is 3.38. The fraction of sp³-hybridized carbons (Fsp3) is 0.211. The predicted octanol–water partition coefficient (Wildman–Crippen LogP) is 2.72. The average molecular weight is 367 g/mol. The number of nitrogens with one attached hydrogen (secondary N) is 1. The molecular formula is C19H17N3O5. The molecule has 0 saturated carbocycles. The maximum Gasteiger partial charge on any atom is 0.258 e. The van der Waals surface area contributed by atoms with Gasteiger partial charge in [0.05, 0.1) is 6.04 Å². The highest BCUT2D eigenvalue weighted by Gasteiger charge is 2.17. The number of carbonyl (C=O) groups is 1. The summed E-state index contributed by atoms with van der Waals surface area (Å²) in [5, 5.41) is 10.4. The molecule has 0 radical (unpaired) electrons. The fourth-order valence-electron chi connectivity index (χ4n) is 2.69. The molecule has 1 amide bonds. The highest BCUT2D eigenvalue weighted by atomic mass is 16.7. The zero-order valence-corrected chi connectivity index (χ0v) is 14.5. The van der Waals surface area contributed by atoms with Crippen molar-refractivity contribution in [1.29, 1.82) is 0 Å². The zero-order valence-electron chi connectivity index (χ0n) is 14.5. The Hall–Kier alpha value is -3.55. The van der Waals surface area contributed by atoms with Crippen LogP contribution in [-0.4, -0.2) is 29.5 Å². The first-order valence-corrected chi connectivity index (χ1v) is 8.37. The minimum atomic E-state index is -0.221. The monoisotopic (exact) mass is 367 g/mol. The van der Waals surface area contributed by atoms with Crippen LogP contribution in [0.3, 0.4) is 0 Å². The molecule has 0 bridgehead atoms. The highest BCUT2D eigenvalue weighted by molar-refractivity contribution is 5.78. The summed E-state index contributed by atoms with van der Waals surface area (Å²) in [5.74, 6) is 2.18. The van der Waals surface area contributed by atoms with Gasteiger partial charge in [-0.1, -0.05) is 6.07 Å². The van der Waals surface area contributed by atoms with Crippen LogP contribution in [0.15, 0.2) is 53.3 Å². The second-order valence-corrected chi connectivity index (χ2v) is 5.96. The third kappa shape index (κ3) is 3.84. The van der Waals surface area contributed by atoms with E-state index >= 15 is 0 Å². The quantitative estimate of drug-likeness (QED) is 0.715. The molecule has 0 fully saturated rings. The lowest BCUT2D eigenvalue weighted by atomic mass is 10.1. The Balaban J connectivity index is 1.30. The standard InChI is InChI=1S/C19H17N3O5/c1-12(14-4-7-16-17(8-14)27-11-26-16)21-18(23)9-24-15-5-2-13(3-6-15)19-22-20-10-25-19/h2-8,10,12H,9,11H2,1H3,(H,21,23)/t12-/m1/s1. The lowest BCUT2D eigenvalue weighted by molar-refractivity contribution is -0.123. The number of amides is 1. The molecular weight excluding hydrogens is 350 g/mol. The summed E-state index contributed by atoms with van der Waals surface area (Å²) < 4.78 is 21.3. The molecule has 2 heterocycles. The summed E-state index contributed by atoms with van der Waals surface area (Å²) in [7, 11) is 0. The molecule has 138 valence electrons. The van der Waals surface area contributed by atoms with E-state index in [9.17, 15) is 4.79 Å². The molecule has 3 aromatic rings. The lowest BCUT2D eigenvalue weighted by Crippen LogP contribution is -2.31. The van der Waals surface area contributed by atoms with E-state index in [1.165, 1.54) is 6.39 Å². The van der Waals surface area contributed by atoms with Gasteiger partial charge in [0, 0.05) is 5.56 Å². The first kappa shape index (κ1) is 16.9. The van der Waals surface area contributed by atoms with Crippen molar-refractivity contribution in [3.63, 3.8) is 0 Å². The van der Waals surface area contributed by atoms with Crippen molar-refractivity contribution in [2.24, 2.45) is 0 Å². The van der Waals surface area contributed by atoms with Crippen molar-refractivity contribution in [2.75, 3.05) is 13.4 Å². The molecule has 1 atom stereocenters. The molecule has 1 aliphatic rings. The van der Waals surface area contributed by atoms with Crippen LogP contribution in [0.1, 0.15) is 18.5 Å². The van der Waals surface area contributed by atoms with Gasteiger partial charge in [0.15, 0.2) is 18.1 Å². The van der Waals surface area contributed by atoms with Crippen molar-refractivity contribution < 1.29 is 23.4 Å². The van der Waals surface area contributed by atoms with E-state index < -0.39 is 0 Å². The molecule has 0 aliphatic carbocycles. The van der Waals surface area contributed by atoms with Gasteiger partial charge in [-0.05, 0) is 48.9 Å². The smallest absolute Gasteiger partial charge is 0.258 e. The molecule has 27 heavy (non-hydrogen) atoms. The Morgan fingerprint density at radius 1 is 1.19 bits per heavy atom. The van der Waals surface area contributed by atoms with Gasteiger partial charge < -0.3 is 23.9 Å². The van der Waals surface area contributed by atoms with E-state index in [0.717, 1.165) is 11.1 Å². The Morgan fingerprint density at radius 2 is 2.00 bits per heavy atom. The van der Waals surface area contributed by atoms with Crippen molar-refractivity contribution >= 4 is 5.91 Å². The SMILES string of the molecule is C[C@@H](NC(=O)COc1ccc(-c2nnco2)cc1)c1ccc2c(c1)OCO2. The summed E-state index contributed by atoms with van der Waals surface area (Å²) in [4.78, 5) is 12.2. The predicted molar refractivity (Wildman–Crippen MR) is 94.4 cm³/mol. The first-order valence-electron chi connectivity index (χ1n) is 8.37. The van der Waals surface area contributed by atoms with Gasteiger partial charge in [0.1, 0.15) is 5.75 Å². The van der Waals surface area contributed by atoms with Gasteiger partial charge in [-0.2, -0.15) is 0 Å². The molecule has 0 spiro atoms. The number of hydrogen-bond donors (Lipinski definition) is 1. The summed E-state index contributed by atoms with van der Waals surface area (Å²) in [6.07, 6.45) is 1.27. The summed E-state index contributed by atoms with van der Waals surface area (Å²) >= 11 is 0. The number of aromatic nitrogens is 2. The lowest BCUT2D eigenvalue weighted by Gasteiger charge is -2.15. The van der Waals surface area contributed by atoms with Gasteiger partial charge in [0.2, 0.25) is 19.1 Å². The van der Waals surface area contributed by atoms with E-state index in [1.54, 1.807) is 24.3 Å². The van der Waals surface area contributed by atoms with Crippen LogP contribution in [0, 0.1) is 0 Å². The number of rotatable bonds is 6. The van der Waals surface area contributed by atoms with Gasteiger partial charge in [-0.3, -0.25) is 4.79 Å². The van der Waals surface area contributed by atoms with Crippen LogP contribution in [-0.2, 0) is 4.79 Å². The Kier molecular flexibility index (Phi) is 4.61. The van der Waals surface area contributed by atoms with E-state index in [2.05, 4.69) is 15.5 Å². The van der Waals surface area contributed by atoms with Gasteiger partial charge in [-0.15, -0.1) is 10.2 Å². The van der Waals surface area contributed by atoms with Crippen molar-refractivity contribution in [3.8, 4) is 28.7 Å². The largest absolute Gasteiger partial charge is 0.484 e. The minimum absolute atomic E-state index is 0.0885. The molecule has 0 unspecified atom stereocenters. The van der Waals surface area contributed by atoms with Crippen molar-refractivity contribution in [3.05, 3.63) is 54.4 Å². The van der Waals surface area contributed by atoms with Crippen LogP contribution in [0.5, 0.6) is 17.2 Å². The van der Waals surface area contributed by atoms with Gasteiger partial charge >= 0.3 is 0 Å². The van der Waals surface area contributed by atoms with Gasteiger partial charge in [0.25, 0.3) is 5.91 Å². The number of fused-ring (bicyclic) bond motifs is 1. The number of hydrogen-bond acceptors (Lipinski definition) is 7. The fourth-order valence-corrected chi connectivity index (χ4v) is 2.69. The Bertz CT molecular complexity index is 925. The van der Waals surface area contributed by atoms with Crippen LogP contribution in [0.4, 0.5) is 0 Å². The molecule has 4 rings (SSSR count). The molecule has 1 aliphatic heterocycles. The normalized spacial score (nSPS) is 13.2. The van der Waals surface area contributed by atoms with Gasteiger partial charge in [-0.25, -0.2) is 0 Å². The summed E-state index contributed by atoms with van der Waals surface area (Å²) in [6.45, 7) is 2.03. The molecule has 2 aromatic carbocycles. The zero-order chi connectivity index (χ0) is 18.6. The third-order valence-corrected chi connectivity index (χ3v) is 4.11. The molecule has 8 nitrogen and oxygen atoms in total. The number of benzene rings is 2. The second kappa shape index (κ2) is 7.36. The summed E-state index contributed by atoms with van der Waals surface area (Å²) in [6, 6.07) is 12.5. The Labute approximate surface area is 155 Å². The first-order chi connectivity index (χ1) is 13.2. The van der Waals surface area contributed by atoms with Crippen LogP contribution >= 0.6 is 0 Å². The van der Waals surface area contributed by atoms with E-state index in [0.29, 0.717) is 23.1 Å².